The van der Waals surface area contributed by atoms with Gasteiger partial charge < -0.3 is 31.9 Å². The predicted octanol–water partition coefficient (Wildman–Crippen LogP) is 1.10. The summed E-state index contributed by atoms with van der Waals surface area (Å²) in [5, 5.41) is 35.3. The molecule has 0 fully saturated rings. The number of phenols is 2. The number of carboxylic acid groups (broad SMARTS) is 2. The number of hydrogen-bond donors (Lipinski definition) is 6. The third-order valence-electron chi connectivity index (χ3n) is 3.05. The first-order chi connectivity index (χ1) is 11.3. The summed E-state index contributed by atoms with van der Waals surface area (Å²) in [7, 11) is 0. The maximum atomic E-state index is 10.5. The van der Waals surface area contributed by atoms with Gasteiger partial charge in [0, 0.05) is 13.1 Å². The Labute approximate surface area is 137 Å². The van der Waals surface area contributed by atoms with E-state index in [-0.39, 0.29) is 35.7 Å². The van der Waals surface area contributed by atoms with E-state index in [1.165, 1.54) is 24.3 Å². The van der Waals surface area contributed by atoms with Crippen molar-refractivity contribution >= 4 is 11.9 Å². The standard InChI is InChI=1S/2C8H9NO3/c2*9-4-5-1-2-7(10)6(3-5)8(11)12/h2*1-3,10H,4,9H2,(H,11,12). The van der Waals surface area contributed by atoms with Crippen molar-refractivity contribution in [2.24, 2.45) is 11.5 Å². The van der Waals surface area contributed by atoms with Gasteiger partial charge in [-0.25, -0.2) is 9.59 Å². The van der Waals surface area contributed by atoms with Crippen LogP contribution in [0.3, 0.4) is 0 Å². The lowest BCUT2D eigenvalue weighted by Crippen LogP contribution is -2.01. The van der Waals surface area contributed by atoms with Crippen LogP contribution in [0.1, 0.15) is 31.8 Å². The minimum atomic E-state index is -1.15. The summed E-state index contributed by atoms with van der Waals surface area (Å²) in [5.74, 6) is -2.77. The third kappa shape index (κ3) is 4.97. The Balaban J connectivity index is 0.000000240. The van der Waals surface area contributed by atoms with Crippen LogP contribution in [-0.2, 0) is 13.1 Å². The molecule has 0 saturated heterocycles. The Morgan fingerprint density at radius 3 is 1.33 bits per heavy atom. The normalized spacial score (nSPS) is 9.75. The fourth-order valence-corrected chi connectivity index (χ4v) is 1.76. The average molecular weight is 334 g/mol. The molecule has 0 aliphatic carbocycles. The SMILES string of the molecule is NCc1ccc(O)c(C(=O)O)c1.NCc1ccc(O)c(C(=O)O)c1. The average Bonchev–Trinajstić information content (AvgIpc) is 2.56. The number of hydrogen-bond acceptors (Lipinski definition) is 6. The number of rotatable bonds is 4. The Hall–Kier alpha value is -3.10. The van der Waals surface area contributed by atoms with Gasteiger partial charge in [-0.2, -0.15) is 0 Å². The maximum absolute atomic E-state index is 10.5. The van der Waals surface area contributed by atoms with Gasteiger partial charge in [0.05, 0.1) is 0 Å². The summed E-state index contributed by atoms with van der Waals surface area (Å²) >= 11 is 0. The molecule has 2 rings (SSSR count). The number of nitrogens with two attached hydrogens (primary N) is 2. The van der Waals surface area contributed by atoms with Gasteiger partial charge in [0.25, 0.3) is 0 Å². The highest BCUT2D eigenvalue weighted by atomic mass is 16.4. The van der Waals surface area contributed by atoms with Crippen LogP contribution in [0.25, 0.3) is 0 Å². The van der Waals surface area contributed by atoms with Crippen molar-refractivity contribution in [1.29, 1.82) is 0 Å². The maximum Gasteiger partial charge on any atom is 0.339 e. The molecule has 24 heavy (non-hydrogen) atoms. The first-order valence-corrected chi connectivity index (χ1v) is 6.80. The van der Waals surface area contributed by atoms with Gasteiger partial charge in [-0.1, -0.05) is 12.1 Å². The van der Waals surface area contributed by atoms with Crippen LogP contribution >= 0.6 is 0 Å². The Morgan fingerprint density at radius 1 is 0.750 bits per heavy atom. The molecule has 0 heterocycles. The summed E-state index contributed by atoms with van der Waals surface area (Å²) in [6, 6.07) is 8.54. The Kier molecular flexibility index (Phi) is 6.72. The molecule has 0 radical (unpaired) electrons. The molecule has 0 aromatic heterocycles. The van der Waals surface area contributed by atoms with Crippen LogP contribution in [0.15, 0.2) is 36.4 Å². The molecular formula is C16H18N2O6. The first-order valence-electron chi connectivity index (χ1n) is 6.80. The van der Waals surface area contributed by atoms with Crippen LogP contribution in [0.2, 0.25) is 0 Å². The van der Waals surface area contributed by atoms with E-state index < -0.39 is 11.9 Å². The van der Waals surface area contributed by atoms with Crippen LogP contribution in [-0.4, -0.2) is 32.4 Å². The lowest BCUT2D eigenvalue weighted by molar-refractivity contribution is 0.0682. The number of aromatic carboxylic acids is 2. The van der Waals surface area contributed by atoms with Crippen molar-refractivity contribution in [3.8, 4) is 11.5 Å². The molecule has 8 N–H and O–H groups in total. The summed E-state index contributed by atoms with van der Waals surface area (Å²) in [6.45, 7) is 0.529. The number of carbonyl (C=O) groups is 2. The minimum Gasteiger partial charge on any atom is -0.507 e. The lowest BCUT2D eigenvalue weighted by Gasteiger charge is -2.01. The summed E-state index contributed by atoms with van der Waals surface area (Å²) in [5.41, 5.74) is 11.7. The van der Waals surface area contributed by atoms with Crippen molar-refractivity contribution in [2.45, 2.75) is 13.1 Å². The topological polar surface area (TPSA) is 167 Å². The number of benzene rings is 2. The van der Waals surface area contributed by atoms with E-state index in [2.05, 4.69) is 0 Å². The fourth-order valence-electron chi connectivity index (χ4n) is 1.76. The van der Waals surface area contributed by atoms with Crippen LogP contribution in [0.4, 0.5) is 0 Å². The van der Waals surface area contributed by atoms with Crippen LogP contribution in [0, 0.1) is 0 Å². The van der Waals surface area contributed by atoms with Crippen molar-refractivity contribution in [3.63, 3.8) is 0 Å². The molecule has 2 aromatic rings. The number of aromatic hydroxyl groups is 2. The Bertz CT molecular complexity index is 682. The quantitative estimate of drug-likeness (QED) is 0.483. The summed E-state index contributed by atoms with van der Waals surface area (Å²) in [4.78, 5) is 21.0. The molecule has 0 saturated carbocycles. The van der Waals surface area contributed by atoms with Crippen molar-refractivity contribution in [1.82, 2.24) is 0 Å². The van der Waals surface area contributed by atoms with Gasteiger partial charge in [0.1, 0.15) is 22.6 Å². The zero-order chi connectivity index (χ0) is 18.3. The second-order valence-corrected chi connectivity index (χ2v) is 4.72. The molecule has 0 aliphatic heterocycles. The monoisotopic (exact) mass is 334 g/mol. The largest absolute Gasteiger partial charge is 0.507 e. The first kappa shape index (κ1) is 18.9. The van der Waals surface area contributed by atoms with Crippen molar-refractivity contribution in [2.75, 3.05) is 0 Å². The molecule has 0 amide bonds. The lowest BCUT2D eigenvalue weighted by atomic mass is 10.1. The molecule has 128 valence electrons. The van der Waals surface area contributed by atoms with Gasteiger partial charge in [-0.3, -0.25) is 0 Å². The number of carboxylic acids is 2. The summed E-state index contributed by atoms with van der Waals surface area (Å²) < 4.78 is 0. The highest BCUT2D eigenvalue weighted by Crippen LogP contribution is 2.18. The molecule has 2 aromatic carbocycles. The minimum absolute atomic E-state index is 0.113. The summed E-state index contributed by atoms with van der Waals surface area (Å²) in [6.07, 6.45) is 0. The van der Waals surface area contributed by atoms with Crippen molar-refractivity contribution < 1.29 is 30.0 Å². The Morgan fingerprint density at radius 2 is 1.08 bits per heavy atom. The van der Waals surface area contributed by atoms with E-state index in [1.807, 2.05) is 0 Å². The van der Waals surface area contributed by atoms with Crippen molar-refractivity contribution in [3.05, 3.63) is 58.7 Å². The van der Waals surface area contributed by atoms with E-state index in [9.17, 15) is 9.59 Å². The van der Waals surface area contributed by atoms with Gasteiger partial charge >= 0.3 is 11.9 Å². The smallest absolute Gasteiger partial charge is 0.339 e. The van der Waals surface area contributed by atoms with Crippen LogP contribution in [0.5, 0.6) is 11.5 Å². The second kappa shape index (κ2) is 8.51. The third-order valence-corrected chi connectivity index (χ3v) is 3.05. The molecule has 0 aliphatic rings. The van der Waals surface area contributed by atoms with Crippen LogP contribution < -0.4 is 11.5 Å². The van der Waals surface area contributed by atoms with E-state index in [0.29, 0.717) is 11.1 Å². The molecule has 0 atom stereocenters. The molecule has 0 unspecified atom stereocenters. The van der Waals surface area contributed by atoms with E-state index in [1.54, 1.807) is 12.1 Å². The zero-order valence-electron chi connectivity index (χ0n) is 12.6. The molecule has 0 spiro atoms. The highest BCUT2D eigenvalue weighted by molar-refractivity contribution is 5.91. The molecule has 0 bridgehead atoms. The van der Waals surface area contributed by atoms with E-state index >= 15 is 0 Å². The zero-order valence-corrected chi connectivity index (χ0v) is 12.6. The van der Waals surface area contributed by atoms with Gasteiger partial charge in [0.15, 0.2) is 0 Å². The van der Waals surface area contributed by atoms with E-state index in [4.69, 9.17) is 31.9 Å². The predicted molar refractivity (Wildman–Crippen MR) is 85.9 cm³/mol. The van der Waals surface area contributed by atoms with E-state index in [0.717, 1.165) is 0 Å². The molecule has 8 heteroatoms. The molecular weight excluding hydrogens is 316 g/mol. The van der Waals surface area contributed by atoms with Gasteiger partial charge in [0.2, 0.25) is 0 Å². The fraction of sp³-hybridized carbons (Fsp3) is 0.125. The molecule has 8 nitrogen and oxygen atoms in total. The second-order valence-electron chi connectivity index (χ2n) is 4.72. The van der Waals surface area contributed by atoms with Gasteiger partial charge in [-0.05, 0) is 35.4 Å². The van der Waals surface area contributed by atoms with Gasteiger partial charge in [-0.15, -0.1) is 0 Å². The highest BCUT2D eigenvalue weighted by Gasteiger charge is 2.09.